The first-order chi connectivity index (χ1) is 3.41. The highest BCUT2D eigenvalue weighted by atomic mass is 28.2. The maximum atomic E-state index is 2.35. The van der Waals surface area contributed by atoms with E-state index in [1.807, 2.05) is 0 Å². The number of rotatable bonds is 3. The summed E-state index contributed by atoms with van der Waals surface area (Å²) in [4.78, 5) is 0. The van der Waals surface area contributed by atoms with Crippen molar-refractivity contribution in [3.05, 3.63) is 11.8 Å². The van der Waals surface area contributed by atoms with Gasteiger partial charge in [0.25, 0.3) is 0 Å². The van der Waals surface area contributed by atoms with E-state index in [9.17, 15) is 0 Å². The lowest BCUT2D eigenvalue weighted by atomic mass is 10.6. The summed E-state index contributed by atoms with van der Waals surface area (Å²) in [6.07, 6.45) is 3.54. The molecule has 0 spiro atoms. The predicted octanol–water partition coefficient (Wildman–Crippen LogP) is 1.52. The van der Waals surface area contributed by atoms with E-state index in [0.29, 0.717) is 0 Å². The molecule has 0 N–H and O–H groups in total. The Morgan fingerprint density at radius 2 is 2.29 bits per heavy atom. The summed E-state index contributed by atoms with van der Waals surface area (Å²) >= 11 is 0. The fourth-order valence-corrected chi connectivity index (χ4v) is 1.47. The topological polar surface area (TPSA) is 0 Å². The Hall–Kier alpha value is -0.0431. The van der Waals surface area contributed by atoms with E-state index in [4.69, 9.17) is 0 Å². The minimum absolute atomic E-state index is 0.231. The maximum absolute atomic E-state index is 2.35. The van der Waals surface area contributed by atoms with Crippen LogP contribution < -0.4 is 0 Å². The molecule has 0 aliphatic carbocycles. The molecule has 7 heavy (non-hydrogen) atoms. The van der Waals surface area contributed by atoms with Gasteiger partial charge in [0.15, 0.2) is 0 Å². The zero-order chi connectivity index (χ0) is 5.54. The van der Waals surface area contributed by atoms with Gasteiger partial charge in [-0.25, -0.2) is 0 Å². The Balaban J connectivity index is 2.69. The average Bonchev–Trinajstić information content (AvgIpc) is 1.69. The van der Waals surface area contributed by atoms with Crippen molar-refractivity contribution in [3.63, 3.8) is 0 Å². The van der Waals surface area contributed by atoms with Gasteiger partial charge >= 0.3 is 0 Å². The van der Waals surface area contributed by atoms with E-state index < -0.39 is 0 Å². The van der Waals surface area contributed by atoms with Gasteiger partial charge in [-0.1, -0.05) is 25.5 Å². The standard InChI is InChI=1S/C6H14Si/c1-3-5-7-6-4-2/h3,5H,4,6-7H2,1-2H3. The van der Waals surface area contributed by atoms with Gasteiger partial charge in [0.1, 0.15) is 0 Å². The molecule has 0 radical (unpaired) electrons. The highest BCUT2D eigenvalue weighted by Crippen LogP contribution is 1.84. The van der Waals surface area contributed by atoms with Gasteiger partial charge in [-0.2, -0.15) is 0 Å². The average molecular weight is 114 g/mol. The fraction of sp³-hybridized carbons (Fsp3) is 0.667. The van der Waals surface area contributed by atoms with Crippen LogP contribution in [0.2, 0.25) is 6.04 Å². The fourth-order valence-electron chi connectivity index (χ4n) is 0.489. The van der Waals surface area contributed by atoms with Crippen LogP contribution >= 0.6 is 0 Å². The molecule has 0 unspecified atom stereocenters. The molecule has 0 saturated heterocycles. The Morgan fingerprint density at radius 1 is 1.57 bits per heavy atom. The van der Waals surface area contributed by atoms with E-state index >= 15 is 0 Å². The summed E-state index contributed by atoms with van der Waals surface area (Å²) in [5.74, 6) is 0. The lowest BCUT2D eigenvalue weighted by Crippen LogP contribution is -1.78. The second-order valence-corrected chi connectivity index (χ2v) is 3.47. The Labute approximate surface area is 48.4 Å². The van der Waals surface area contributed by atoms with Crippen LogP contribution in [0.1, 0.15) is 20.3 Å². The smallest absolute Gasteiger partial charge is 0.0449 e. The summed E-state index contributed by atoms with van der Waals surface area (Å²) in [6, 6.07) is 1.48. The lowest BCUT2D eigenvalue weighted by molar-refractivity contribution is 1.08. The molecule has 0 nitrogen and oxygen atoms in total. The second kappa shape index (κ2) is 5.96. The largest absolute Gasteiger partial charge is 0.106 e. The summed E-state index contributed by atoms with van der Waals surface area (Å²) in [5.41, 5.74) is 2.35. The van der Waals surface area contributed by atoms with Crippen LogP contribution in [0, 0.1) is 0 Å². The highest BCUT2D eigenvalue weighted by molar-refractivity contribution is 6.41. The van der Waals surface area contributed by atoms with Gasteiger partial charge in [0.2, 0.25) is 0 Å². The third kappa shape index (κ3) is 5.96. The van der Waals surface area contributed by atoms with Gasteiger partial charge in [0, 0.05) is 9.52 Å². The van der Waals surface area contributed by atoms with Gasteiger partial charge in [-0.15, -0.1) is 5.70 Å². The number of hydrogen-bond donors (Lipinski definition) is 0. The summed E-state index contributed by atoms with van der Waals surface area (Å²) < 4.78 is 0. The molecule has 0 atom stereocenters. The summed E-state index contributed by atoms with van der Waals surface area (Å²) in [6.45, 7) is 4.35. The zero-order valence-corrected chi connectivity index (χ0v) is 6.69. The van der Waals surface area contributed by atoms with Crippen LogP contribution in [0.3, 0.4) is 0 Å². The zero-order valence-electron chi connectivity index (χ0n) is 5.28. The first-order valence-corrected chi connectivity index (χ1v) is 4.84. The van der Waals surface area contributed by atoms with Gasteiger partial charge < -0.3 is 0 Å². The third-order valence-electron chi connectivity index (χ3n) is 0.960. The molecule has 42 valence electrons. The first kappa shape index (κ1) is 6.96. The monoisotopic (exact) mass is 114 g/mol. The van der Waals surface area contributed by atoms with E-state index in [-0.39, 0.29) is 9.52 Å². The van der Waals surface area contributed by atoms with Crippen LogP contribution in [-0.2, 0) is 0 Å². The lowest BCUT2D eigenvalue weighted by Gasteiger charge is -1.82. The van der Waals surface area contributed by atoms with Crippen molar-refractivity contribution in [2.75, 3.05) is 0 Å². The van der Waals surface area contributed by atoms with Crippen LogP contribution in [0.4, 0.5) is 0 Å². The Kier molecular flexibility index (Phi) is 5.92. The van der Waals surface area contributed by atoms with Gasteiger partial charge in [-0.3, -0.25) is 0 Å². The minimum atomic E-state index is 0.231. The third-order valence-corrected chi connectivity index (χ3v) is 2.88. The predicted molar refractivity (Wildman–Crippen MR) is 38.5 cm³/mol. The molecule has 0 bridgehead atoms. The Bertz CT molecular complexity index is 48.1. The molecule has 0 aromatic carbocycles. The molecule has 0 saturated carbocycles. The normalized spacial score (nSPS) is 12.3. The van der Waals surface area contributed by atoms with Crippen molar-refractivity contribution < 1.29 is 0 Å². The van der Waals surface area contributed by atoms with Gasteiger partial charge in [0.05, 0.1) is 0 Å². The number of hydrogen-bond acceptors (Lipinski definition) is 0. The van der Waals surface area contributed by atoms with Crippen molar-refractivity contribution in [2.45, 2.75) is 26.3 Å². The molecule has 0 fully saturated rings. The van der Waals surface area contributed by atoms with Crippen LogP contribution in [-0.4, -0.2) is 9.52 Å². The van der Waals surface area contributed by atoms with Crippen LogP contribution in [0.25, 0.3) is 0 Å². The van der Waals surface area contributed by atoms with Crippen molar-refractivity contribution in [1.29, 1.82) is 0 Å². The highest BCUT2D eigenvalue weighted by Gasteiger charge is 1.74. The van der Waals surface area contributed by atoms with E-state index in [0.717, 1.165) is 0 Å². The minimum Gasteiger partial charge on any atom is -0.106 e. The van der Waals surface area contributed by atoms with E-state index in [1.165, 1.54) is 12.5 Å². The molecule has 0 aromatic heterocycles. The van der Waals surface area contributed by atoms with E-state index in [2.05, 4.69) is 25.6 Å². The molecule has 0 heterocycles. The van der Waals surface area contributed by atoms with Crippen LogP contribution in [0.5, 0.6) is 0 Å². The first-order valence-electron chi connectivity index (χ1n) is 3.03. The van der Waals surface area contributed by atoms with Crippen molar-refractivity contribution >= 4 is 9.52 Å². The quantitative estimate of drug-likeness (QED) is 0.385. The molecule has 0 aromatic rings. The molecule has 0 aliphatic rings. The van der Waals surface area contributed by atoms with Gasteiger partial charge in [-0.05, 0) is 6.92 Å². The molecule has 0 rings (SSSR count). The number of allylic oxidation sites excluding steroid dienone is 1. The second-order valence-electron chi connectivity index (χ2n) is 1.71. The van der Waals surface area contributed by atoms with Crippen molar-refractivity contribution in [1.82, 2.24) is 0 Å². The molecular weight excluding hydrogens is 100 g/mol. The summed E-state index contributed by atoms with van der Waals surface area (Å²) in [5, 5.41) is 0. The molecular formula is C6H14Si. The molecule has 0 aliphatic heterocycles. The molecule has 1 heteroatoms. The summed E-state index contributed by atoms with van der Waals surface area (Å²) in [7, 11) is 0.231. The molecule has 0 amide bonds. The van der Waals surface area contributed by atoms with Crippen LogP contribution in [0.15, 0.2) is 11.8 Å². The van der Waals surface area contributed by atoms with E-state index in [1.54, 1.807) is 0 Å². The van der Waals surface area contributed by atoms with Crippen molar-refractivity contribution in [2.24, 2.45) is 0 Å². The SMILES string of the molecule is CC=C[SiH2]CCC. The maximum Gasteiger partial charge on any atom is 0.0449 e. The Morgan fingerprint density at radius 3 is 2.71 bits per heavy atom. The van der Waals surface area contributed by atoms with Crippen molar-refractivity contribution in [3.8, 4) is 0 Å².